The van der Waals surface area contributed by atoms with E-state index in [0.717, 1.165) is 11.3 Å². The maximum atomic E-state index is 12.1. The molecule has 0 spiro atoms. The zero-order chi connectivity index (χ0) is 17.5. The van der Waals surface area contributed by atoms with Crippen LogP contribution in [0.1, 0.15) is 31.1 Å². The molecule has 2 aromatic heterocycles. The molecule has 0 saturated carbocycles. The first-order chi connectivity index (χ1) is 11.3. The van der Waals surface area contributed by atoms with Crippen molar-refractivity contribution in [1.29, 1.82) is 0 Å². The van der Waals surface area contributed by atoms with Crippen LogP contribution >= 0.6 is 11.6 Å². The number of hydrogen-bond donors (Lipinski definition) is 1. The van der Waals surface area contributed by atoms with Crippen LogP contribution in [0.5, 0.6) is 0 Å². The molecular weight excluding hydrogens is 332 g/mol. The Kier molecular flexibility index (Phi) is 4.02. The molecule has 126 valence electrons. The second-order valence-corrected chi connectivity index (χ2v) is 6.53. The number of nitrogens with two attached hydrogens (primary N) is 1. The van der Waals surface area contributed by atoms with Gasteiger partial charge in [-0.05, 0) is 44.5 Å². The van der Waals surface area contributed by atoms with E-state index in [-0.39, 0.29) is 12.4 Å². The van der Waals surface area contributed by atoms with Crippen molar-refractivity contribution in [3.63, 3.8) is 0 Å². The van der Waals surface area contributed by atoms with E-state index >= 15 is 0 Å². The summed E-state index contributed by atoms with van der Waals surface area (Å²) >= 11 is 5.99. The van der Waals surface area contributed by atoms with E-state index in [4.69, 9.17) is 21.9 Å². The highest BCUT2D eigenvalue weighted by molar-refractivity contribution is 6.30. The highest BCUT2D eigenvalue weighted by Gasteiger charge is 2.22. The lowest BCUT2D eigenvalue weighted by molar-refractivity contribution is 0.346. The highest BCUT2D eigenvalue weighted by atomic mass is 35.5. The van der Waals surface area contributed by atoms with Crippen LogP contribution in [0.3, 0.4) is 0 Å². The Morgan fingerprint density at radius 1 is 1.38 bits per heavy atom. The molecule has 0 amide bonds. The summed E-state index contributed by atoms with van der Waals surface area (Å²) in [6, 6.07) is 5.38. The largest absolute Gasteiger partial charge is 0.364 e. The SMILES string of the molecule is Cc1cc(Cl)ccc1-n1cnc(=O)n1Cc1nc(C(C)(C)N)no1. The van der Waals surface area contributed by atoms with Gasteiger partial charge in [-0.2, -0.15) is 9.97 Å². The highest BCUT2D eigenvalue weighted by Crippen LogP contribution is 2.19. The minimum absolute atomic E-state index is 0.0873. The van der Waals surface area contributed by atoms with Crippen molar-refractivity contribution < 1.29 is 4.52 Å². The van der Waals surface area contributed by atoms with E-state index in [9.17, 15) is 4.79 Å². The Balaban J connectivity index is 1.99. The Bertz CT molecular complexity index is 934. The first-order valence-electron chi connectivity index (χ1n) is 7.28. The van der Waals surface area contributed by atoms with Gasteiger partial charge in [0.25, 0.3) is 0 Å². The fraction of sp³-hybridized carbons (Fsp3) is 0.333. The molecule has 3 aromatic rings. The minimum atomic E-state index is -0.722. The number of aromatic nitrogens is 5. The summed E-state index contributed by atoms with van der Waals surface area (Å²) < 4.78 is 8.23. The number of hydrogen-bond acceptors (Lipinski definition) is 6. The first-order valence-corrected chi connectivity index (χ1v) is 7.66. The van der Waals surface area contributed by atoms with Gasteiger partial charge >= 0.3 is 5.69 Å². The van der Waals surface area contributed by atoms with E-state index in [1.54, 1.807) is 24.6 Å². The Morgan fingerprint density at radius 3 is 2.75 bits per heavy atom. The molecule has 0 fully saturated rings. The van der Waals surface area contributed by atoms with E-state index in [2.05, 4.69) is 15.1 Å². The maximum Gasteiger partial charge on any atom is 0.364 e. The van der Waals surface area contributed by atoms with Crippen molar-refractivity contribution in [3.8, 4) is 5.69 Å². The fourth-order valence-electron chi connectivity index (χ4n) is 2.25. The second kappa shape index (κ2) is 5.88. The van der Waals surface area contributed by atoms with E-state index in [1.165, 1.54) is 11.0 Å². The first kappa shape index (κ1) is 16.4. The molecule has 0 radical (unpaired) electrons. The Labute approximate surface area is 142 Å². The van der Waals surface area contributed by atoms with Crippen LogP contribution in [0, 0.1) is 6.92 Å². The molecule has 8 nitrogen and oxygen atoms in total. The van der Waals surface area contributed by atoms with Gasteiger partial charge in [-0.15, -0.1) is 0 Å². The molecule has 1 aromatic carbocycles. The van der Waals surface area contributed by atoms with Gasteiger partial charge in [0, 0.05) is 5.02 Å². The quantitative estimate of drug-likeness (QED) is 0.768. The number of halogens is 1. The average molecular weight is 349 g/mol. The third-order valence-electron chi connectivity index (χ3n) is 3.49. The van der Waals surface area contributed by atoms with Gasteiger partial charge in [0.2, 0.25) is 5.89 Å². The summed E-state index contributed by atoms with van der Waals surface area (Å²) in [5, 5.41) is 4.48. The van der Waals surface area contributed by atoms with Crippen LogP contribution in [0.4, 0.5) is 0 Å². The topological polar surface area (TPSA) is 105 Å². The van der Waals surface area contributed by atoms with Gasteiger partial charge in [0.05, 0.1) is 11.2 Å². The van der Waals surface area contributed by atoms with Crippen LogP contribution in [0.15, 0.2) is 33.8 Å². The van der Waals surface area contributed by atoms with Gasteiger partial charge < -0.3 is 10.3 Å². The maximum absolute atomic E-state index is 12.1. The average Bonchev–Trinajstić information content (AvgIpc) is 3.08. The smallest absolute Gasteiger partial charge is 0.337 e. The van der Waals surface area contributed by atoms with Crippen molar-refractivity contribution in [3.05, 3.63) is 57.3 Å². The lowest BCUT2D eigenvalue weighted by Gasteiger charge is -2.12. The lowest BCUT2D eigenvalue weighted by Crippen LogP contribution is -2.30. The summed E-state index contributed by atoms with van der Waals surface area (Å²) in [4.78, 5) is 20.2. The van der Waals surface area contributed by atoms with Gasteiger partial charge in [-0.3, -0.25) is 0 Å². The Hall–Kier alpha value is -2.45. The summed E-state index contributed by atoms with van der Waals surface area (Å²) in [5.74, 6) is 0.651. The van der Waals surface area contributed by atoms with Crippen molar-refractivity contribution in [2.24, 2.45) is 5.73 Å². The standard InChI is InChI=1S/C15H17ClN6O2/c1-9-6-10(16)4-5-11(9)22-8-18-14(23)21(22)7-12-19-13(20-24-12)15(2,3)17/h4-6,8H,7,17H2,1-3H3. The monoisotopic (exact) mass is 348 g/mol. The molecule has 24 heavy (non-hydrogen) atoms. The summed E-state index contributed by atoms with van der Waals surface area (Å²) in [6.07, 6.45) is 1.45. The molecule has 0 saturated heterocycles. The summed E-state index contributed by atoms with van der Waals surface area (Å²) in [5.41, 5.74) is 6.49. The van der Waals surface area contributed by atoms with Crippen LogP contribution in [-0.2, 0) is 12.1 Å². The lowest BCUT2D eigenvalue weighted by atomic mass is 10.1. The van der Waals surface area contributed by atoms with E-state index in [0.29, 0.717) is 10.8 Å². The predicted octanol–water partition coefficient (Wildman–Crippen LogP) is 1.62. The molecule has 0 unspecified atom stereocenters. The minimum Gasteiger partial charge on any atom is -0.337 e. The molecule has 2 heterocycles. The number of aryl methyl sites for hydroxylation is 1. The van der Waals surface area contributed by atoms with Crippen molar-refractivity contribution in [2.45, 2.75) is 32.9 Å². The summed E-state index contributed by atoms with van der Waals surface area (Å²) in [6.45, 7) is 5.53. The molecule has 2 N–H and O–H groups in total. The van der Waals surface area contributed by atoms with E-state index in [1.807, 2.05) is 19.1 Å². The molecule has 3 rings (SSSR count). The van der Waals surface area contributed by atoms with Gasteiger partial charge in [0.1, 0.15) is 12.9 Å². The van der Waals surface area contributed by atoms with Crippen LogP contribution in [0.25, 0.3) is 5.69 Å². The van der Waals surface area contributed by atoms with E-state index < -0.39 is 11.2 Å². The normalized spacial score (nSPS) is 11.9. The molecule has 0 atom stereocenters. The number of rotatable bonds is 4. The van der Waals surface area contributed by atoms with Crippen LogP contribution < -0.4 is 11.4 Å². The number of nitrogens with zero attached hydrogens (tertiary/aromatic N) is 5. The molecule has 0 aliphatic rings. The Morgan fingerprint density at radius 2 is 2.12 bits per heavy atom. The third-order valence-corrected chi connectivity index (χ3v) is 3.73. The second-order valence-electron chi connectivity index (χ2n) is 6.09. The molecule has 9 heteroatoms. The van der Waals surface area contributed by atoms with Gasteiger partial charge in [-0.25, -0.2) is 14.2 Å². The van der Waals surface area contributed by atoms with Crippen molar-refractivity contribution in [1.82, 2.24) is 24.5 Å². The van der Waals surface area contributed by atoms with Crippen molar-refractivity contribution >= 4 is 11.6 Å². The fourth-order valence-corrected chi connectivity index (χ4v) is 2.47. The van der Waals surface area contributed by atoms with Gasteiger partial charge in [0.15, 0.2) is 5.82 Å². The predicted molar refractivity (Wildman–Crippen MR) is 88.2 cm³/mol. The zero-order valence-corrected chi connectivity index (χ0v) is 14.3. The van der Waals surface area contributed by atoms with Gasteiger partial charge in [-0.1, -0.05) is 16.8 Å². The molecule has 0 bridgehead atoms. The van der Waals surface area contributed by atoms with Crippen molar-refractivity contribution in [2.75, 3.05) is 0 Å². The summed E-state index contributed by atoms with van der Waals surface area (Å²) in [7, 11) is 0. The van der Waals surface area contributed by atoms with Crippen LogP contribution in [0.2, 0.25) is 5.02 Å². The van der Waals surface area contributed by atoms with Crippen LogP contribution in [-0.4, -0.2) is 24.5 Å². The number of benzene rings is 1. The molecule has 0 aliphatic heterocycles. The third kappa shape index (κ3) is 3.10. The molecule has 0 aliphatic carbocycles. The molecular formula is C15H17ClN6O2. The zero-order valence-electron chi connectivity index (χ0n) is 13.5.